The molecule has 0 unspecified atom stereocenters. The van der Waals surface area contributed by atoms with Crippen LogP contribution in [0.1, 0.15) is 10.4 Å². The maximum atomic E-state index is 5.90. The predicted molar refractivity (Wildman–Crippen MR) is 79.9 cm³/mol. The average molecular weight is 314 g/mol. The molecule has 0 aliphatic rings. The van der Waals surface area contributed by atoms with Crippen LogP contribution in [0, 0.1) is 0 Å². The largest absolute Gasteiger partial charge is 0.481 e. The molecule has 7 heteroatoms. The van der Waals surface area contributed by atoms with Crippen molar-refractivity contribution in [3.8, 4) is 11.8 Å². The third kappa shape index (κ3) is 3.82. The molecule has 0 aliphatic heterocycles. The molecule has 0 atom stereocenters. The fourth-order valence-corrected chi connectivity index (χ4v) is 2.88. The molecule has 2 heterocycles. The Kier molecular flexibility index (Phi) is 5.58. The van der Waals surface area contributed by atoms with Crippen molar-refractivity contribution in [2.75, 3.05) is 20.8 Å². The van der Waals surface area contributed by atoms with Gasteiger partial charge in [0.05, 0.1) is 24.1 Å². The number of hydrogen-bond acceptors (Lipinski definition) is 6. The van der Waals surface area contributed by atoms with Gasteiger partial charge >= 0.3 is 0 Å². The van der Waals surface area contributed by atoms with Gasteiger partial charge in [0.2, 0.25) is 11.8 Å². The zero-order valence-electron chi connectivity index (χ0n) is 11.4. The maximum Gasteiger partial charge on any atom is 0.224 e. The first-order valence-electron chi connectivity index (χ1n) is 6.11. The first-order chi connectivity index (χ1) is 9.74. The minimum absolute atomic E-state index is 0.531. The molecule has 2 aromatic rings. The zero-order chi connectivity index (χ0) is 14.4. The number of hydrogen-bond donors (Lipinski definition) is 1. The number of methoxy groups -OCH3 is 2. The molecule has 0 fully saturated rings. The van der Waals surface area contributed by atoms with Crippen LogP contribution in [0.4, 0.5) is 0 Å². The van der Waals surface area contributed by atoms with Crippen molar-refractivity contribution in [1.82, 2.24) is 15.3 Å². The smallest absolute Gasteiger partial charge is 0.224 e. The minimum atomic E-state index is 0.531. The van der Waals surface area contributed by atoms with Crippen LogP contribution >= 0.6 is 22.9 Å². The number of nitrogens with zero attached hydrogens (tertiary/aromatic N) is 2. The van der Waals surface area contributed by atoms with E-state index >= 15 is 0 Å². The van der Waals surface area contributed by atoms with Crippen LogP contribution in [-0.2, 0) is 13.0 Å². The lowest BCUT2D eigenvalue weighted by Gasteiger charge is -2.11. The Hall–Kier alpha value is -1.37. The zero-order valence-corrected chi connectivity index (χ0v) is 12.9. The molecule has 2 rings (SSSR count). The van der Waals surface area contributed by atoms with Gasteiger partial charge in [-0.1, -0.05) is 11.6 Å². The summed E-state index contributed by atoms with van der Waals surface area (Å²) >= 11 is 7.50. The SMILES string of the molecule is COc1ncnc(OC)c1CNCCc1ccc(Cl)s1. The fraction of sp³-hybridized carbons (Fsp3) is 0.385. The van der Waals surface area contributed by atoms with E-state index in [1.165, 1.54) is 11.2 Å². The molecule has 0 radical (unpaired) electrons. The second-order valence-corrected chi connectivity index (χ2v) is 5.80. The third-order valence-electron chi connectivity index (χ3n) is 2.73. The number of ether oxygens (including phenoxy) is 2. The quantitative estimate of drug-likeness (QED) is 0.796. The molecule has 0 aromatic carbocycles. The predicted octanol–water partition coefficient (Wildman–Crippen LogP) is 2.54. The lowest BCUT2D eigenvalue weighted by atomic mass is 10.3. The Balaban J connectivity index is 1.90. The normalized spacial score (nSPS) is 10.6. The highest BCUT2D eigenvalue weighted by molar-refractivity contribution is 7.16. The van der Waals surface area contributed by atoms with E-state index < -0.39 is 0 Å². The standard InChI is InChI=1S/C13H16ClN3O2S/c1-18-12-10(13(19-2)17-8-16-12)7-15-6-5-9-3-4-11(14)20-9/h3-4,8,15H,5-7H2,1-2H3. The van der Waals surface area contributed by atoms with E-state index in [1.54, 1.807) is 25.6 Å². The van der Waals surface area contributed by atoms with Gasteiger partial charge in [0.1, 0.15) is 6.33 Å². The van der Waals surface area contributed by atoms with E-state index in [1.807, 2.05) is 12.1 Å². The number of rotatable bonds is 7. The van der Waals surface area contributed by atoms with Gasteiger partial charge in [0, 0.05) is 18.0 Å². The van der Waals surface area contributed by atoms with Crippen molar-refractivity contribution in [2.24, 2.45) is 0 Å². The van der Waals surface area contributed by atoms with Gasteiger partial charge < -0.3 is 14.8 Å². The first kappa shape index (κ1) is 15.0. The first-order valence-corrected chi connectivity index (χ1v) is 7.30. The van der Waals surface area contributed by atoms with Crippen LogP contribution in [0.5, 0.6) is 11.8 Å². The van der Waals surface area contributed by atoms with E-state index in [0.29, 0.717) is 18.3 Å². The van der Waals surface area contributed by atoms with E-state index in [4.69, 9.17) is 21.1 Å². The van der Waals surface area contributed by atoms with Gasteiger partial charge in [0.15, 0.2) is 0 Å². The van der Waals surface area contributed by atoms with Crippen LogP contribution < -0.4 is 14.8 Å². The topological polar surface area (TPSA) is 56.3 Å². The molecule has 108 valence electrons. The summed E-state index contributed by atoms with van der Waals surface area (Å²) in [7, 11) is 3.16. The molecule has 0 spiro atoms. The Morgan fingerprint density at radius 1 is 1.20 bits per heavy atom. The third-order valence-corrected chi connectivity index (χ3v) is 4.02. The van der Waals surface area contributed by atoms with Crippen LogP contribution in [-0.4, -0.2) is 30.7 Å². The summed E-state index contributed by atoms with van der Waals surface area (Å²) < 4.78 is 11.3. The van der Waals surface area contributed by atoms with Crippen LogP contribution in [0.15, 0.2) is 18.5 Å². The Labute approximate surface area is 126 Å². The van der Waals surface area contributed by atoms with Crippen molar-refractivity contribution in [3.05, 3.63) is 33.2 Å². The molecule has 20 heavy (non-hydrogen) atoms. The van der Waals surface area contributed by atoms with Crippen molar-refractivity contribution in [3.63, 3.8) is 0 Å². The van der Waals surface area contributed by atoms with Gasteiger partial charge in [-0.05, 0) is 18.6 Å². The van der Waals surface area contributed by atoms with Gasteiger partial charge in [-0.2, -0.15) is 0 Å². The second-order valence-electron chi connectivity index (χ2n) is 4.00. The highest BCUT2D eigenvalue weighted by atomic mass is 35.5. The maximum absolute atomic E-state index is 5.90. The summed E-state index contributed by atoms with van der Waals surface area (Å²) in [5.41, 5.74) is 0.821. The van der Waals surface area contributed by atoms with E-state index in [0.717, 1.165) is 22.9 Å². The summed E-state index contributed by atoms with van der Waals surface area (Å²) in [5.74, 6) is 1.06. The molecule has 0 bridgehead atoms. The monoisotopic (exact) mass is 313 g/mol. The summed E-state index contributed by atoms with van der Waals surface area (Å²) in [6, 6.07) is 3.96. The highest BCUT2D eigenvalue weighted by Crippen LogP contribution is 2.23. The number of aromatic nitrogens is 2. The summed E-state index contributed by atoms with van der Waals surface area (Å²) in [5, 5.41) is 3.33. The van der Waals surface area contributed by atoms with Gasteiger partial charge in [0.25, 0.3) is 0 Å². The van der Waals surface area contributed by atoms with Crippen molar-refractivity contribution < 1.29 is 9.47 Å². The Bertz CT molecular complexity index is 540. The van der Waals surface area contributed by atoms with Crippen LogP contribution in [0.2, 0.25) is 4.34 Å². The molecular weight excluding hydrogens is 298 g/mol. The van der Waals surface area contributed by atoms with Gasteiger partial charge in [-0.3, -0.25) is 0 Å². The van der Waals surface area contributed by atoms with Crippen molar-refractivity contribution >= 4 is 22.9 Å². The summed E-state index contributed by atoms with van der Waals surface area (Å²) in [6.45, 7) is 1.42. The van der Waals surface area contributed by atoms with E-state index in [2.05, 4.69) is 15.3 Å². The summed E-state index contributed by atoms with van der Waals surface area (Å²) in [6.07, 6.45) is 2.35. The van der Waals surface area contributed by atoms with Crippen LogP contribution in [0.25, 0.3) is 0 Å². The number of nitrogens with one attached hydrogen (secondary N) is 1. The second kappa shape index (κ2) is 7.42. The molecule has 0 aliphatic carbocycles. The molecule has 0 saturated heterocycles. The van der Waals surface area contributed by atoms with E-state index in [9.17, 15) is 0 Å². The molecule has 2 aromatic heterocycles. The molecule has 5 nitrogen and oxygen atoms in total. The van der Waals surface area contributed by atoms with Gasteiger partial charge in [-0.15, -0.1) is 11.3 Å². The van der Waals surface area contributed by atoms with Crippen LogP contribution in [0.3, 0.4) is 0 Å². The average Bonchev–Trinajstić information content (AvgIpc) is 2.89. The fourth-order valence-electron chi connectivity index (χ4n) is 1.80. The summed E-state index contributed by atoms with van der Waals surface area (Å²) in [4.78, 5) is 9.41. The van der Waals surface area contributed by atoms with Crippen molar-refractivity contribution in [2.45, 2.75) is 13.0 Å². The molecular formula is C13H16ClN3O2S. The lowest BCUT2D eigenvalue weighted by Crippen LogP contribution is -2.18. The Morgan fingerprint density at radius 2 is 1.90 bits per heavy atom. The Morgan fingerprint density at radius 3 is 2.45 bits per heavy atom. The molecule has 1 N–H and O–H groups in total. The minimum Gasteiger partial charge on any atom is -0.481 e. The van der Waals surface area contributed by atoms with E-state index in [-0.39, 0.29) is 0 Å². The number of thiophene rings is 1. The molecule has 0 amide bonds. The molecule has 0 saturated carbocycles. The number of halogens is 1. The highest BCUT2D eigenvalue weighted by Gasteiger charge is 2.12. The van der Waals surface area contributed by atoms with Crippen molar-refractivity contribution in [1.29, 1.82) is 0 Å². The lowest BCUT2D eigenvalue weighted by molar-refractivity contribution is 0.359. The van der Waals surface area contributed by atoms with Gasteiger partial charge in [-0.25, -0.2) is 9.97 Å².